The molecule has 4 aromatic carbocycles. The summed E-state index contributed by atoms with van der Waals surface area (Å²) in [7, 11) is 2.60. The molecule has 12 rings (SSSR count). The fourth-order valence-corrected chi connectivity index (χ4v) is 10.7. The van der Waals surface area contributed by atoms with Crippen LogP contribution in [0.5, 0.6) is 11.5 Å². The molecule has 6 heterocycles. The summed E-state index contributed by atoms with van der Waals surface area (Å²) >= 11 is 3.37. The normalized spacial score (nSPS) is 22.8. The summed E-state index contributed by atoms with van der Waals surface area (Å²) in [4.78, 5) is 129. The molecule has 4 saturated heterocycles. The minimum atomic E-state index is -1.77. The Balaban J connectivity index is 0.000000154. The standard InChI is InChI=1S/C29H26FN5O6.C15H12FN3O4.C14H15BrN2O2/c1-41-21-10-4-17-14-34(26(38)23(17)24(21)30)15-29(27(39)32-28(40)33-29)13-12-16-2-7-19(8-3-16)35-20(9-11-22(35)36)25(37)31-18-5-6-18;1-3-15(13(21)17-14(22)18-15)7-19-6-8-4-5-9(23-2)11(16)10(8)12(19)20;15-9-1-5-11(6-2-9)17-12(7-8-13(17)18)14(19)16-10-3-4-10/h2-4,7-8,10,18,20H,5-6,9,11,14-15H2,1H3,(H,31,37)(H2,32,33,39,40);1,4-5H,6-7H2,2H3,(H2,17,18,21,22);1-2,5-6,10,12H,3-4,7-8H2,(H,16,19)/t20?,29-;15-;/m11./s1. The van der Waals surface area contributed by atoms with Crippen LogP contribution in [0.25, 0.3) is 0 Å². The number of terminal acetylenes is 1. The number of carbonyl (C=O) groups excluding carboxylic acids is 10. The number of halogens is 3. The molecule has 6 fully saturated rings. The van der Waals surface area contributed by atoms with E-state index in [4.69, 9.17) is 15.9 Å². The van der Waals surface area contributed by atoms with Crippen LogP contribution in [0.4, 0.5) is 29.7 Å². The number of ether oxygens (including phenoxy) is 2. The van der Waals surface area contributed by atoms with E-state index in [0.717, 1.165) is 35.8 Å². The highest BCUT2D eigenvalue weighted by atomic mass is 79.9. The number of hydrogen-bond donors (Lipinski definition) is 6. The fraction of sp³-hybridized carbons (Fsp3) is 0.345. The van der Waals surface area contributed by atoms with E-state index in [-0.39, 0.29) is 90.9 Å². The van der Waals surface area contributed by atoms with E-state index in [0.29, 0.717) is 47.7 Å². The molecule has 0 spiro atoms. The number of benzene rings is 4. The molecule has 2 aliphatic carbocycles. The second-order valence-corrected chi connectivity index (χ2v) is 21.7. The summed E-state index contributed by atoms with van der Waals surface area (Å²) in [5.41, 5.74) is -0.980. The Morgan fingerprint density at radius 3 is 1.45 bits per heavy atom. The molecule has 0 bridgehead atoms. The molecule has 428 valence electrons. The SMILES string of the molecule is C#C[C@]1(CN2Cc3ccc(OC)c(F)c3C2=O)NC(=O)NC1=O.COc1ccc2c(c1F)C(=O)N(C[C@@]1(C#Cc3ccc(N4C(=O)CCC4C(=O)NC4CC4)cc3)NC(=O)NC1=O)C2.O=C(NC1CC1)C1CCC(=O)N1c1ccc(Br)cc1. The van der Waals surface area contributed by atoms with E-state index in [1.165, 1.54) is 41.1 Å². The highest BCUT2D eigenvalue weighted by Crippen LogP contribution is 2.35. The molecule has 6 N–H and O–H groups in total. The lowest BCUT2D eigenvalue weighted by molar-refractivity contribution is -0.124. The van der Waals surface area contributed by atoms with Crippen molar-refractivity contribution in [3.8, 4) is 35.7 Å². The Kier molecular flexibility index (Phi) is 15.7. The van der Waals surface area contributed by atoms with E-state index < -0.39 is 64.4 Å². The minimum Gasteiger partial charge on any atom is -0.494 e. The Morgan fingerprint density at radius 2 is 1.05 bits per heavy atom. The average molecular weight is 1200 g/mol. The summed E-state index contributed by atoms with van der Waals surface area (Å²) < 4.78 is 39.9. The first-order chi connectivity index (χ1) is 39.7. The van der Waals surface area contributed by atoms with Crippen LogP contribution in [-0.2, 0) is 41.9 Å². The Labute approximate surface area is 481 Å². The zero-order valence-corrected chi connectivity index (χ0v) is 46.2. The van der Waals surface area contributed by atoms with Gasteiger partial charge in [0, 0.05) is 59.4 Å². The molecule has 25 heteroatoms. The zero-order valence-electron chi connectivity index (χ0n) is 44.6. The molecule has 8 aliphatic rings. The smallest absolute Gasteiger partial charge is 0.323 e. The van der Waals surface area contributed by atoms with Crippen molar-refractivity contribution in [3.05, 3.63) is 117 Å². The van der Waals surface area contributed by atoms with Gasteiger partial charge < -0.3 is 40.5 Å². The monoisotopic (exact) mass is 1200 g/mol. The van der Waals surface area contributed by atoms with Gasteiger partial charge in [0.05, 0.1) is 38.4 Å². The molecule has 4 aromatic rings. The summed E-state index contributed by atoms with van der Waals surface area (Å²) in [6, 6.07) is 18.2. The lowest BCUT2D eigenvalue weighted by Gasteiger charge is -2.26. The van der Waals surface area contributed by atoms with Crippen LogP contribution in [0.15, 0.2) is 77.3 Å². The van der Waals surface area contributed by atoms with Crippen LogP contribution in [-0.4, -0.2) is 132 Å². The number of hydrogen-bond acceptors (Lipinski definition) is 12. The molecular weight excluding hydrogens is 1150 g/mol. The highest BCUT2D eigenvalue weighted by molar-refractivity contribution is 9.10. The molecule has 4 atom stereocenters. The third kappa shape index (κ3) is 11.5. The number of rotatable bonds is 12. The van der Waals surface area contributed by atoms with E-state index in [2.05, 4.69) is 60.3 Å². The van der Waals surface area contributed by atoms with Gasteiger partial charge in [-0.05, 0) is 110 Å². The second kappa shape index (κ2) is 22.9. The van der Waals surface area contributed by atoms with Crippen molar-refractivity contribution in [2.75, 3.05) is 37.1 Å². The molecule has 12 amide bonds. The fourth-order valence-electron chi connectivity index (χ4n) is 10.5. The predicted molar refractivity (Wildman–Crippen MR) is 294 cm³/mol. The van der Waals surface area contributed by atoms with Gasteiger partial charge >= 0.3 is 12.1 Å². The molecule has 2 saturated carbocycles. The largest absolute Gasteiger partial charge is 0.494 e. The molecule has 0 radical (unpaired) electrons. The summed E-state index contributed by atoms with van der Waals surface area (Å²) in [5, 5.41) is 15.0. The first-order valence-corrected chi connectivity index (χ1v) is 27.2. The summed E-state index contributed by atoms with van der Waals surface area (Å²) in [6.07, 6.45) is 11.1. The third-order valence-corrected chi connectivity index (χ3v) is 15.6. The van der Waals surface area contributed by atoms with Crippen molar-refractivity contribution in [3.63, 3.8) is 0 Å². The van der Waals surface area contributed by atoms with Crippen LogP contribution in [0.1, 0.15) is 88.8 Å². The topological polar surface area (TPSA) is 274 Å². The zero-order chi connectivity index (χ0) is 59.1. The van der Waals surface area contributed by atoms with E-state index in [1.54, 1.807) is 41.3 Å². The lowest BCUT2D eigenvalue weighted by atomic mass is 9.99. The highest BCUT2D eigenvalue weighted by Gasteiger charge is 2.51. The number of amides is 12. The predicted octanol–water partition coefficient (Wildman–Crippen LogP) is 3.42. The first kappa shape index (κ1) is 56.9. The number of carbonyl (C=O) groups is 10. The van der Waals surface area contributed by atoms with Gasteiger partial charge in [-0.2, -0.15) is 0 Å². The maximum atomic E-state index is 14.8. The van der Waals surface area contributed by atoms with Crippen LogP contribution < -0.4 is 51.2 Å². The Morgan fingerprint density at radius 1 is 0.627 bits per heavy atom. The Hall–Kier alpha value is -9.36. The maximum absolute atomic E-state index is 14.8. The maximum Gasteiger partial charge on any atom is 0.323 e. The number of urea groups is 2. The van der Waals surface area contributed by atoms with Crippen LogP contribution in [0, 0.1) is 35.8 Å². The van der Waals surface area contributed by atoms with Crippen molar-refractivity contribution in [2.24, 2.45) is 0 Å². The average Bonchev–Trinajstić information content (AvgIpc) is 3.85. The first-order valence-electron chi connectivity index (χ1n) is 26.4. The quantitative estimate of drug-likeness (QED) is 0.0880. The molecule has 22 nitrogen and oxygen atoms in total. The number of nitrogens with one attached hydrogen (secondary N) is 6. The second-order valence-electron chi connectivity index (χ2n) is 20.8. The number of nitrogens with zero attached hydrogens (tertiary/aromatic N) is 4. The van der Waals surface area contributed by atoms with Crippen molar-refractivity contribution in [2.45, 2.75) is 99.7 Å². The van der Waals surface area contributed by atoms with Gasteiger partial charge in [-0.15, -0.1) is 6.42 Å². The number of anilines is 2. The van der Waals surface area contributed by atoms with Crippen molar-refractivity contribution in [1.82, 2.24) is 41.7 Å². The number of fused-ring (bicyclic) bond motifs is 2. The van der Waals surface area contributed by atoms with Gasteiger partial charge in [-0.3, -0.25) is 58.8 Å². The van der Waals surface area contributed by atoms with Gasteiger partial charge in [0.2, 0.25) is 29.2 Å². The van der Waals surface area contributed by atoms with Gasteiger partial charge in [0.1, 0.15) is 12.1 Å². The molecular formula is C58H53BrF2N10O12. The summed E-state index contributed by atoms with van der Waals surface area (Å²) in [5.74, 6) is 3.22. The van der Waals surface area contributed by atoms with E-state index in [1.807, 2.05) is 29.6 Å². The summed E-state index contributed by atoms with van der Waals surface area (Å²) in [6.45, 7) is -0.460. The van der Waals surface area contributed by atoms with Gasteiger partial charge in [-0.25, -0.2) is 18.4 Å². The molecule has 2 unspecified atom stereocenters. The Bertz CT molecular complexity index is 3540. The van der Waals surface area contributed by atoms with Crippen molar-refractivity contribution >= 4 is 86.6 Å². The van der Waals surface area contributed by atoms with E-state index in [9.17, 15) is 56.7 Å². The van der Waals surface area contributed by atoms with Crippen LogP contribution in [0.2, 0.25) is 0 Å². The van der Waals surface area contributed by atoms with Gasteiger partial charge in [-0.1, -0.05) is 45.8 Å². The van der Waals surface area contributed by atoms with Crippen LogP contribution >= 0.6 is 15.9 Å². The number of methoxy groups -OCH3 is 2. The van der Waals surface area contributed by atoms with E-state index >= 15 is 0 Å². The van der Waals surface area contributed by atoms with Crippen molar-refractivity contribution in [1.29, 1.82) is 0 Å². The number of imide groups is 2. The molecule has 83 heavy (non-hydrogen) atoms. The molecule has 6 aliphatic heterocycles. The lowest BCUT2D eigenvalue weighted by Crippen LogP contribution is -2.54. The van der Waals surface area contributed by atoms with Gasteiger partial charge in [0.15, 0.2) is 28.7 Å². The minimum absolute atomic E-state index is 0.0173. The van der Waals surface area contributed by atoms with Crippen LogP contribution in [0.3, 0.4) is 0 Å². The van der Waals surface area contributed by atoms with Gasteiger partial charge in [0.25, 0.3) is 23.6 Å². The molecule has 0 aromatic heterocycles. The third-order valence-electron chi connectivity index (χ3n) is 15.1. The van der Waals surface area contributed by atoms with Crippen molar-refractivity contribution < 1.29 is 66.2 Å².